The predicted octanol–water partition coefficient (Wildman–Crippen LogP) is 5.43. The molecule has 1 heterocycles. The van der Waals surface area contributed by atoms with Crippen LogP contribution in [0.5, 0.6) is 5.75 Å². The first kappa shape index (κ1) is 22.1. The third kappa shape index (κ3) is 4.77. The summed E-state index contributed by atoms with van der Waals surface area (Å²) >= 11 is 12.7. The Labute approximate surface area is 191 Å². The lowest BCUT2D eigenvalue weighted by molar-refractivity contribution is -0.384. The van der Waals surface area contributed by atoms with Crippen LogP contribution in [0, 0.1) is 10.1 Å². The van der Waals surface area contributed by atoms with Crippen LogP contribution in [0.15, 0.2) is 50.0 Å². The topological polar surface area (TPSA) is 108 Å². The van der Waals surface area contributed by atoms with Crippen molar-refractivity contribution < 1.29 is 24.0 Å². The number of carbonyl (C=O) groups is 2. The number of ether oxygens (including phenoxy) is 2. The van der Waals surface area contributed by atoms with Crippen LogP contribution in [0.1, 0.15) is 24.5 Å². The van der Waals surface area contributed by atoms with Crippen LogP contribution in [0.25, 0.3) is 6.08 Å². The van der Waals surface area contributed by atoms with Gasteiger partial charge in [0.1, 0.15) is 0 Å². The van der Waals surface area contributed by atoms with E-state index in [4.69, 9.17) is 21.1 Å². The lowest BCUT2D eigenvalue weighted by Crippen LogP contribution is -2.07. The molecule has 0 saturated heterocycles. The molecular weight excluding hydrogens is 547 g/mol. The monoisotopic (exact) mass is 556 g/mol. The summed E-state index contributed by atoms with van der Waals surface area (Å²) in [7, 11) is 0. The van der Waals surface area contributed by atoms with Gasteiger partial charge in [0.2, 0.25) is 5.90 Å². The number of esters is 2. The molecule has 8 nitrogen and oxygen atoms in total. The number of hydrogen-bond donors (Lipinski definition) is 0. The molecule has 0 aliphatic carbocycles. The van der Waals surface area contributed by atoms with Crippen LogP contribution in [-0.4, -0.2) is 22.8 Å². The van der Waals surface area contributed by atoms with Crippen LogP contribution in [-0.2, 0) is 14.3 Å². The van der Waals surface area contributed by atoms with Crippen LogP contribution in [0.2, 0.25) is 5.02 Å². The summed E-state index contributed by atoms with van der Waals surface area (Å²) in [5.74, 6) is -0.955. The van der Waals surface area contributed by atoms with E-state index in [0.29, 0.717) is 20.3 Å². The second-order valence-corrected chi connectivity index (χ2v) is 8.01. The normalized spacial score (nSPS) is 14.5. The number of rotatable bonds is 5. The standard InChI is InChI=1S/C19H11Br2ClN2O6/c1-2-16(25)29-17-12(20)5-9(6-13(17)21)7-15-19(26)30-18(23-15)11-8-10(24(27)28)3-4-14(11)22/h3-8H,2H2,1H3/b15-7-. The van der Waals surface area contributed by atoms with E-state index in [1.807, 2.05) is 0 Å². The molecule has 1 aliphatic rings. The largest absolute Gasteiger partial charge is 0.424 e. The Morgan fingerprint density at radius 3 is 2.57 bits per heavy atom. The van der Waals surface area contributed by atoms with Crippen LogP contribution < -0.4 is 4.74 Å². The molecule has 2 aromatic rings. The first-order valence-electron chi connectivity index (χ1n) is 8.36. The first-order chi connectivity index (χ1) is 14.2. The van der Waals surface area contributed by atoms with E-state index in [2.05, 4.69) is 36.9 Å². The van der Waals surface area contributed by atoms with E-state index in [9.17, 15) is 19.7 Å². The van der Waals surface area contributed by atoms with Gasteiger partial charge in [0.05, 0.1) is 24.5 Å². The fraction of sp³-hybridized carbons (Fsp3) is 0.105. The Kier molecular flexibility index (Phi) is 6.69. The van der Waals surface area contributed by atoms with E-state index < -0.39 is 16.9 Å². The van der Waals surface area contributed by atoms with Gasteiger partial charge in [-0.05, 0) is 61.7 Å². The second-order valence-electron chi connectivity index (χ2n) is 5.90. The molecule has 0 fully saturated rings. The maximum absolute atomic E-state index is 12.2. The summed E-state index contributed by atoms with van der Waals surface area (Å²) in [4.78, 5) is 38.3. The average Bonchev–Trinajstić information content (AvgIpc) is 3.04. The SMILES string of the molecule is CCC(=O)Oc1c(Br)cc(/C=C2\N=C(c3cc([N+](=O)[O-])ccc3Cl)OC2=O)cc1Br. The Morgan fingerprint density at radius 1 is 1.30 bits per heavy atom. The lowest BCUT2D eigenvalue weighted by atomic mass is 10.2. The molecule has 3 rings (SSSR count). The molecular formula is C19H11Br2ClN2O6. The summed E-state index contributed by atoms with van der Waals surface area (Å²) in [5.41, 5.74) is 0.458. The van der Waals surface area contributed by atoms with E-state index >= 15 is 0 Å². The van der Waals surface area contributed by atoms with E-state index in [0.717, 1.165) is 0 Å². The number of non-ortho nitro benzene ring substituents is 1. The predicted molar refractivity (Wildman–Crippen MR) is 116 cm³/mol. The summed E-state index contributed by atoms with van der Waals surface area (Å²) < 4.78 is 11.4. The molecule has 0 radical (unpaired) electrons. The molecule has 0 N–H and O–H groups in total. The van der Waals surface area contributed by atoms with Gasteiger partial charge in [-0.1, -0.05) is 18.5 Å². The summed E-state index contributed by atoms with van der Waals surface area (Å²) in [6, 6.07) is 7.02. The number of nitro benzene ring substituents is 1. The second kappa shape index (κ2) is 9.07. The number of carbonyl (C=O) groups excluding carboxylic acids is 2. The number of cyclic esters (lactones) is 1. The van der Waals surface area contributed by atoms with Crippen molar-refractivity contribution in [2.24, 2.45) is 4.99 Å². The minimum absolute atomic E-state index is 0.0234. The highest BCUT2D eigenvalue weighted by Gasteiger charge is 2.27. The van der Waals surface area contributed by atoms with Gasteiger partial charge in [-0.3, -0.25) is 14.9 Å². The Hall–Kier alpha value is -2.56. The van der Waals surface area contributed by atoms with Crippen molar-refractivity contribution in [2.45, 2.75) is 13.3 Å². The van der Waals surface area contributed by atoms with Crippen molar-refractivity contribution in [2.75, 3.05) is 0 Å². The molecule has 0 atom stereocenters. The lowest BCUT2D eigenvalue weighted by Gasteiger charge is -2.09. The maximum atomic E-state index is 12.2. The molecule has 0 spiro atoms. The van der Waals surface area contributed by atoms with Gasteiger partial charge in [-0.25, -0.2) is 9.79 Å². The van der Waals surface area contributed by atoms with Crippen LogP contribution >= 0.6 is 43.5 Å². The van der Waals surface area contributed by atoms with Crippen LogP contribution in [0.3, 0.4) is 0 Å². The van der Waals surface area contributed by atoms with Gasteiger partial charge in [-0.2, -0.15) is 0 Å². The molecule has 30 heavy (non-hydrogen) atoms. The van der Waals surface area contributed by atoms with Gasteiger partial charge in [0.15, 0.2) is 11.4 Å². The molecule has 2 aromatic carbocycles. The molecule has 0 amide bonds. The van der Waals surface area contributed by atoms with Crippen molar-refractivity contribution >= 4 is 73.1 Å². The van der Waals surface area contributed by atoms with E-state index in [-0.39, 0.29) is 34.3 Å². The van der Waals surface area contributed by atoms with Gasteiger partial charge < -0.3 is 9.47 Å². The number of benzene rings is 2. The molecule has 0 saturated carbocycles. The number of hydrogen-bond acceptors (Lipinski definition) is 7. The van der Waals surface area contributed by atoms with Crippen molar-refractivity contribution in [1.82, 2.24) is 0 Å². The maximum Gasteiger partial charge on any atom is 0.363 e. The first-order valence-corrected chi connectivity index (χ1v) is 10.3. The summed E-state index contributed by atoms with van der Waals surface area (Å²) in [6.45, 7) is 1.68. The van der Waals surface area contributed by atoms with Gasteiger partial charge in [-0.15, -0.1) is 0 Å². The van der Waals surface area contributed by atoms with E-state index in [1.165, 1.54) is 24.3 Å². The molecule has 0 bridgehead atoms. The fourth-order valence-electron chi connectivity index (χ4n) is 2.42. The number of nitro groups is 1. The minimum Gasteiger partial charge on any atom is -0.424 e. The quantitative estimate of drug-likeness (QED) is 0.159. The Morgan fingerprint density at radius 2 is 1.97 bits per heavy atom. The number of aliphatic imine (C=N–C) groups is 1. The van der Waals surface area contributed by atoms with Crippen molar-refractivity contribution in [3.05, 3.63) is 71.2 Å². The van der Waals surface area contributed by atoms with Crippen molar-refractivity contribution in [3.8, 4) is 5.75 Å². The smallest absolute Gasteiger partial charge is 0.363 e. The van der Waals surface area contributed by atoms with Crippen LogP contribution in [0.4, 0.5) is 5.69 Å². The highest BCUT2D eigenvalue weighted by molar-refractivity contribution is 9.11. The molecule has 0 unspecified atom stereocenters. The molecule has 11 heteroatoms. The zero-order valence-electron chi connectivity index (χ0n) is 15.1. The third-order valence-corrected chi connectivity index (χ3v) is 5.35. The fourth-order valence-corrected chi connectivity index (χ4v) is 4.00. The van der Waals surface area contributed by atoms with E-state index in [1.54, 1.807) is 19.1 Å². The molecule has 1 aliphatic heterocycles. The van der Waals surface area contributed by atoms with Crippen molar-refractivity contribution in [1.29, 1.82) is 0 Å². The molecule has 154 valence electrons. The minimum atomic E-state index is -0.735. The summed E-state index contributed by atoms with van der Waals surface area (Å²) in [6.07, 6.45) is 1.68. The van der Waals surface area contributed by atoms with Gasteiger partial charge in [0.25, 0.3) is 5.69 Å². The number of nitrogens with zero attached hydrogens (tertiary/aromatic N) is 2. The zero-order chi connectivity index (χ0) is 22.0. The van der Waals surface area contributed by atoms with Gasteiger partial charge >= 0.3 is 11.9 Å². The molecule has 0 aromatic heterocycles. The Bertz CT molecular complexity index is 1120. The zero-order valence-corrected chi connectivity index (χ0v) is 19.1. The third-order valence-electron chi connectivity index (χ3n) is 3.84. The highest BCUT2D eigenvalue weighted by atomic mass is 79.9. The van der Waals surface area contributed by atoms with Crippen molar-refractivity contribution in [3.63, 3.8) is 0 Å². The highest BCUT2D eigenvalue weighted by Crippen LogP contribution is 2.36. The number of halogens is 3. The van der Waals surface area contributed by atoms with Gasteiger partial charge in [0, 0.05) is 18.6 Å². The summed E-state index contributed by atoms with van der Waals surface area (Å²) in [5, 5.41) is 11.1. The average molecular weight is 559 g/mol. The Balaban J connectivity index is 1.96.